The zero-order chi connectivity index (χ0) is 39.5. The summed E-state index contributed by atoms with van der Waals surface area (Å²) in [6, 6.07) is 8.23. The molecule has 1 aromatic carbocycles. The van der Waals surface area contributed by atoms with E-state index in [4.69, 9.17) is 9.47 Å². The molecule has 0 radical (unpaired) electrons. The zero-order valence-corrected chi connectivity index (χ0v) is 34.1. The van der Waals surface area contributed by atoms with E-state index >= 15 is 0 Å². The quantitative estimate of drug-likeness (QED) is 0.186. The van der Waals surface area contributed by atoms with Crippen LogP contribution in [-0.4, -0.2) is 134 Å². The average Bonchev–Trinajstić information content (AvgIpc) is 3.40. The van der Waals surface area contributed by atoms with Crippen molar-refractivity contribution in [2.45, 2.75) is 123 Å². The van der Waals surface area contributed by atoms with Crippen LogP contribution >= 0.6 is 0 Å². The molecule has 1 aliphatic rings. The van der Waals surface area contributed by atoms with Gasteiger partial charge in [-0.15, -0.1) is 0 Å². The maximum absolute atomic E-state index is 14.3. The molecule has 0 spiro atoms. The summed E-state index contributed by atoms with van der Waals surface area (Å²) < 4.78 is 12.0. The normalized spacial score (nSPS) is 21.7. The summed E-state index contributed by atoms with van der Waals surface area (Å²) in [5.74, 6) is -1.74. The van der Waals surface area contributed by atoms with Gasteiger partial charge in [0.25, 0.3) is 0 Å². The molecule has 2 rings (SSSR count). The second-order valence-electron chi connectivity index (χ2n) is 15.9. The fourth-order valence-electron chi connectivity index (χ4n) is 8.11. The third-order valence-electron chi connectivity index (χ3n) is 11.0. The van der Waals surface area contributed by atoms with Crippen LogP contribution in [0.15, 0.2) is 30.3 Å². The number of carbonyl (C=O) groups is 4. The number of hydrogen-bond acceptors (Lipinski definition) is 8. The molecule has 1 aromatic rings. The number of likely N-dealkylation sites (tertiary alicyclic amines) is 1. The summed E-state index contributed by atoms with van der Waals surface area (Å²) >= 11 is 0. The van der Waals surface area contributed by atoms with Crippen LogP contribution < -0.4 is 10.6 Å². The minimum Gasteiger partial charge on any atom is -0.391 e. The van der Waals surface area contributed by atoms with Gasteiger partial charge in [0.05, 0.1) is 48.3 Å². The van der Waals surface area contributed by atoms with Gasteiger partial charge in [0.15, 0.2) is 0 Å². The Morgan fingerprint density at radius 2 is 1.58 bits per heavy atom. The number of hydrogen-bond donors (Lipinski definition) is 3. The maximum Gasteiger partial charge on any atom is 0.245 e. The maximum atomic E-state index is 14.3. The number of ether oxygens (including phenoxy) is 2. The minimum absolute atomic E-state index is 0.0388. The topological polar surface area (TPSA) is 141 Å². The Bertz CT molecular complexity index is 1290. The molecule has 0 aromatic heterocycles. The van der Waals surface area contributed by atoms with E-state index in [0.717, 1.165) is 5.56 Å². The first-order valence-electron chi connectivity index (χ1n) is 18.9. The van der Waals surface area contributed by atoms with Crippen molar-refractivity contribution in [1.29, 1.82) is 0 Å². The predicted octanol–water partition coefficient (Wildman–Crippen LogP) is 3.35. The predicted molar refractivity (Wildman–Crippen MR) is 204 cm³/mol. The molecule has 1 saturated heterocycles. The SMILES string of the molecule is CCC(C)[C@@H]([C@@H](CC(=O)N1C[C@H](O)C[C@@]1(C)[C@H](OC)[C@@H](C)C(=O)NCCc1ccccc1)OC)N(C)C(=O)[C@@H](NC(=O)[C@H](C(C)C)N(C)C)C(C)C. The summed E-state index contributed by atoms with van der Waals surface area (Å²) in [7, 11) is 8.48. The van der Waals surface area contributed by atoms with Gasteiger partial charge in [0.1, 0.15) is 6.04 Å². The van der Waals surface area contributed by atoms with Crippen LogP contribution in [0.3, 0.4) is 0 Å². The molecule has 1 aliphatic heterocycles. The number of methoxy groups -OCH3 is 2. The van der Waals surface area contributed by atoms with Crippen molar-refractivity contribution in [2.75, 3.05) is 48.5 Å². The highest BCUT2D eigenvalue weighted by Crippen LogP contribution is 2.38. The Morgan fingerprint density at radius 3 is 2.08 bits per heavy atom. The Labute approximate surface area is 313 Å². The number of aliphatic hydroxyl groups is 1. The molecule has 1 heterocycles. The number of benzene rings is 1. The van der Waals surface area contributed by atoms with E-state index in [1.807, 2.05) is 97.8 Å². The molecular formula is C40H69N5O7. The van der Waals surface area contributed by atoms with E-state index in [9.17, 15) is 24.3 Å². The molecular weight excluding hydrogens is 662 g/mol. The minimum atomic E-state index is -0.986. The molecule has 12 nitrogen and oxygen atoms in total. The van der Waals surface area contributed by atoms with Crippen molar-refractivity contribution in [1.82, 2.24) is 25.3 Å². The van der Waals surface area contributed by atoms with Crippen LogP contribution in [0.2, 0.25) is 0 Å². The van der Waals surface area contributed by atoms with Crippen molar-refractivity contribution in [3.8, 4) is 0 Å². The van der Waals surface area contributed by atoms with E-state index in [2.05, 4.69) is 10.6 Å². The number of nitrogens with one attached hydrogen (secondary N) is 2. The Kier molecular flexibility index (Phi) is 17.7. The average molecular weight is 732 g/mol. The van der Waals surface area contributed by atoms with Gasteiger partial charge in [0, 0.05) is 40.8 Å². The van der Waals surface area contributed by atoms with Crippen molar-refractivity contribution in [3.63, 3.8) is 0 Å². The molecule has 52 heavy (non-hydrogen) atoms. The van der Waals surface area contributed by atoms with E-state index in [1.54, 1.807) is 23.8 Å². The van der Waals surface area contributed by atoms with Gasteiger partial charge in [-0.1, -0.05) is 85.2 Å². The van der Waals surface area contributed by atoms with Gasteiger partial charge in [0.2, 0.25) is 23.6 Å². The van der Waals surface area contributed by atoms with Crippen molar-refractivity contribution in [2.24, 2.45) is 23.7 Å². The number of aliphatic hydroxyl groups excluding tert-OH is 1. The first kappa shape index (κ1) is 45.1. The number of rotatable bonds is 20. The Hall–Kier alpha value is -3.06. The van der Waals surface area contributed by atoms with Crippen LogP contribution in [0.4, 0.5) is 0 Å². The molecule has 1 fully saturated rings. The molecule has 3 N–H and O–H groups in total. The largest absolute Gasteiger partial charge is 0.391 e. The lowest BCUT2D eigenvalue weighted by atomic mass is 9.82. The van der Waals surface area contributed by atoms with Crippen LogP contribution in [0.1, 0.15) is 80.2 Å². The van der Waals surface area contributed by atoms with Crippen molar-refractivity contribution in [3.05, 3.63) is 35.9 Å². The molecule has 12 heteroatoms. The second kappa shape index (κ2) is 20.4. The van der Waals surface area contributed by atoms with Gasteiger partial charge in [-0.2, -0.15) is 0 Å². The summed E-state index contributed by atoms with van der Waals surface area (Å²) in [6.45, 7) is 16.0. The number of amides is 4. The lowest BCUT2D eigenvalue weighted by Gasteiger charge is -2.44. The highest BCUT2D eigenvalue weighted by atomic mass is 16.5. The molecule has 1 unspecified atom stereocenters. The summed E-state index contributed by atoms with van der Waals surface area (Å²) in [4.78, 5) is 60.5. The summed E-state index contributed by atoms with van der Waals surface area (Å²) in [5, 5.41) is 17.0. The van der Waals surface area contributed by atoms with Crippen molar-refractivity contribution < 1.29 is 33.8 Å². The second-order valence-corrected chi connectivity index (χ2v) is 15.9. The standard InChI is InChI=1S/C40H69N5O7/c1-14-27(6)35(44(11)39(50)33(25(2)3)42-38(49)34(26(4)5)43(9)10)31(51-12)22-32(47)45-24-30(46)23-40(45,8)36(52-13)28(7)37(48)41-21-20-29-18-16-15-17-19-29/h15-19,25-28,30-31,33-36,46H,14,20-24H2,1-13H3,(H,41,48)(H,42,49)/t27?,28-,30-,31-,33+,34+,35+,36-,40+/m1/s1. The smallest absolute Gasteiger partial charge is 0.245 e. The van der Waals surface area contributed by atoms with E-state index in [1.165, 1.54) is 14.2 Å². The lowest BCUT2D eigenvalue weighted by Crippen LogP contribution is -2.60. The van der Waals surface area contributed by atoms with Crippen LogP contribution in [0, 0.1) is 23.7 Å². The first-order chi connectivity index (χ1) is 24.4. The van der Waals surface area contributed by atoms with Crippen molar-refractivity contribution >= 4 is 23.6 Å². The van der Waals surface area contributed by atoms with Crippen LogP contribution in [0.25, 0.3) is 0 Å². The highest BCUT2D eigenvalue weighted by molar-refractivity contribution is 5.90. The first-order valence-corrected chi connectivity index (χ1v) is 18.9. The van der Waals surface area contributed by atoms with Gasteiger partial charge < -0.3 is 35.0 Å². The number of nitrogens with zero attached hydrogens (tertiary/aromatic N) is 3. The van der Waals surface area contributed by atoms with Gasteiger partial charge in [-0.3, -0.25) is 24.1 Å². The monoisotopic (exact) mass is 732 g/mol. The van der Waals surface area contributed by atoms with E-state index in [0.29, 0.717) is 19.4 Å². The zero-order valence-electron chi connectivity index (χ0n) is 34.1. The lowest BCUT2D eigenvalue weighted by molar-refractivity contribution is -0.152. The molecule has 4 amide bonds. The van der Waals surface area contributed by atoms with E-state index in [-0.39, 0.29) is 60.8 Å². The van der Waals surface area contributed by atoms with E-state index < -0.39 is 47.9 Å². The molecule has 0 aliphatic carbocycles. The van der Waals surface area contributed by atoms with Crippen LogP contribution in [-0.2, 0) is 35.1 Å². The van der Waals surface area contributed by atoms with Gasteiger partial charge in [-0.25, -0.2) is 0 Å². The molecule has 9 atom stereocenters. The molecule has 0 saturated carbocycles. The van der Waals surface area contributed by atoms with Crippen LogP contribution in [0.5, 0.6) is 0 Å². The summed E-state index contributed by atoms with van der Waals surface area (Å²) in [5.41, 5.74) is 0.130. The summed E-state index contributed by atoms with van der Waals surface area (Å²) in [6.07, 6.45) is -0.613. The third kappa shape index (κ3) is 11.2. The third-order valence-corrected chi connectivity index (χ3v) is 11.0. The molecule has 0 bridgehead atoms. The highest BCUT2D eigenvalue weighted by Gasteiger charge is 2.53. The number of β-amino-alcohol motifs (C(OH)–C–C–N with tert-alkyl or cyclic N) is 1. The fraction of sp³-hybridized carbons (Fsp3) is 0.750. The fourth-order valence-corrected chi connectivity index (χ4v) is 8.11. The van der Waals surface area contributed by atoms with Gasteiger partial charge in [-0.05, 0) is 50.8 Å². The molecule has 296 valence electrons. The number of likely N-dealkylation sites (N-methyl/N-ethyl adjacent to an activating group) is 2. The Balaban J connectivity index is 2.31. The van der Waals surface area contributed by atoms with Gasteiger partial charge >= 0.3 is 0 Å². The Morgan fingerprint density at radius 1 is 0.962 bits per heavy atom. The number of carbonyl (C=O) groups excluding carboxylic acids is 4.